The van der Waals surface area contributed by atoms with E-state index in [1.165, 1.54) is 17.4 Å². The van der Waals surface area contributed by atoms with E-state index in [2.05, 4.69) is 4.98 Å². The van der Waals surface area contributed by atoms with Crippen LogP contribution in [0.4, 0.5) is 9.18 Å². The van der Waals surface area contributed by atoms with Crippen molar-refractivity contribution in [2.45, 2.75) is 70.7 Å². The van der Waals surface area contributed by atoms with Crippen molar-refractivity contribution < 1.29 is 23.5 Å². The van der Waals surface area contributed by atoms with Gasteiger partial charge in [-0.25, -0.2) is 9.18 Å². The number of carbonyl (C=O) groups is 2. The fraction of sp³-hybridized carbons (Fsp3) is 0.382. The summed E-state index contributed by atoms with van der Waals surface area (Å²) in [7, 11) is 3.38. The highest BCUT2D eigenvalue weighted by Gasteiger charge is 2.35. The van der Waals surface area contributed by atoms with Crippen LogP contribution < -0.4 is 4.74 Å². The topological polar surface area (TPSA) is 72.0 Å². The molecule has 0 radical (unpaired) electrons. The van der Waals surface area contributed by atoms with Gasteiger partial charge in [-0.05, 0) is 94.0 Å². The smallest absolute Gasteiger partial charge is 0.410 e. The van der Waals surface area contributed by atoms with Crippen LogP contribution >= 0.6 is 22.9 Å². The molecule has 2 aromatic heterocycles. The maximum Gasteiger partial charge on any atom is 0.410 e. The minimum atomic E-state index is -0.585. The van der Waals surface area contributed by atoms with Gasteiger partial charge in [-0.3, -0.25) is 9.78 Å². The van der Waals surface area contributed by atoms with Gasteiger partial charge in [0.1, 0.15) is 22.0 Å². The molecule has 232 valence electrons. The molecule has 0 N–H and O–H groups in total. The Hall–Kier alpha value is -3.69. The van der Waals surface area contributed by atoms with Crippen LogP contribution in [0.5, 0.6) is 5.75 Å². The van der Waals surface area contributed by atoms with Crippen LogP contribution in [-0.4, -0.2) is 58.6 Å². The zero-order valence-electron chi connectivity index (χ0n) is 25.6. The molecular formula is C34H37ClFN3O4S. The number of rotatable bonds is 7. The number of hydrogen-bond donors (Lipinski definition) is 0. The van der Waals surface area contributed by atoms with E-state index in [0.29, 0.717) is 41.0 Å². The lowest BCUT2D eigenvalue weighted by molar-refractivity contribution is 0.0144. The second-order valence-electron chi connectivity index (χ2n) is 12.1. The highest BCUT2D eigenvalue weighted by atomic mass is 35.5. The second kappa shape index (κ2) is 13.1. The molecule has 0 atom stereocenters. The van der Waals surface area contributed by atoms with E-state index >= 15 is 0 Å². The number of carbonyl (C=O) groups excluding carboxylic acids is 2. The molecule has 2 aromatic carbocycles. The number of pyridine rings is 1. The zero-order valence-corrected chi connectivity index (χ0v) is 27.2. The minimum Gasteiger partial charge on any atom is -0.496 e. The van der Waals surface area contributed by atoms with Gasteiger partial charge in [-0.2, -0.15) is 0 Å². The summed E-state index contributed by atoms with van der Waals surface area (Å²) in [5, 5.41) is 0.399. The Morgan fingerprint density at radius 1 is 1.02 bits per heavy atom. The molecule has 1 aliphatic rings. The lowest BCUT2D eigenvalue weighted by atomic mass is 9.89. The highest BCUT2D eigenvalue weighted by Crippen LogP contribution is 2.40. The number of nitrogens with zero attached hydrogens (tertiary/aromatic N) is 3. The third kappa shape index (κ3) is 6.84. The molecule has 1 fully saturated rings. The third-order valence-corrected chi connectivity index (χ3v) is 9.67. The summed E-state index contributed by atoms with van der Waals surface area (Å²) in [5.41, 5.74) is 2.22. The first-order chi connectivity index (χ1) is 21.0. The maximum absolute atomic E-state index is 14.8. The Balaban J connectivity index is 1.47. The van der Waals surface area contributed by atoms with Gasteiger partial charge in [0.05, 0.1) is 12.1 Å². The van der Waals surface area contributed by atoms with Crippen molar-refractivity contribution in [1.82, 2.24) is 14.8 Å². The molecule has 2 heterocycles. The monoisotopic (exact) mass is 637 g/mol. The number of aromatic nitrogens is 1. The summed E-state index contributed by atoms with van der Waals surface area (Å²) in [6.07, 6.45) is 5.87. The molecule has 10 heteroatoms. The summed E-state index contributed by atoms with van der Waals surface area (Å²) >= 11 is 7.90. The molecule has 0 unspecified atom stereocenters. The van der Waals surface area contributed by atoms with Crippen molar-refractivity contribution in [2.24, 2.45) is 0 Å². The van der Waals surface area contributed by atoms with Crippen LogP contribution in [0.3, 0.4) is 0 Å². The van der Waals surface area contributed by atoms with Gasteiger partial charge < -0.3 is 19.3 Å². The van der Waals surface area contributed by atoms with Gasteiger partial charge in [0, 0.05) is 53.7 Å². The lowest BCUT2D eigenvalue weighted by Gasteiger charge is -2.40. The molecule has 5 rings (SSSR count). The molecule has 0 bridgehead atoms. The largest absolute Gasteiger partial charge is 0.496 e. The quantitative estimate of drug-likeness (QED) is 0.203. The van der Waals surface area contributed by atoms with E-state index in [9.17, 15) is 14.0 Å². The van der Waals surface area contributed by atoms with Crippen LogP contribution in [0.15, 0.2) is 60.9 Å². The Kier molecular flexibility index (Phi) is 9.46. The van der Waals surface area contributed by atoms with E-state index in [1.807, 2.05) is 56.0 Å². The number of halogens is 2. The fourth-order valence-electron chi connectivity index (χ4n) is 5.76. The van der Waals surface area contributed by atoms with Gasteiger partial charge >= 0.3 is 6.09 Å². The molecule has 0 aliphatic heterocycles. The van der Waals surface area contributed by atoms with E-state index in [-0.39, 0.29) is 41.0 Å². The Labute approximate surface area is 266 Å². The summed E-state index contributed by atoms with van der Waals surface area (Å²) in [5.74, 6) is -0.0462. The first-order valence-electron chi connectivity index (χ1n) is 14.7. The van der Waals surface area contributed by atoms with Crippen LogP contribution in [0.2, 0.25) is 5.02 Å². The van der Waals surface area contributed by atoms with E-state index in [1.54, 1.807) is 43.6 Å². The van der Waals surface area contributed by atoms with Crippen molar-refractivity contribution in [1.29, 1.82) is 0 Å². The molecule has 2 amide bonds. The van der Waals surface area contributed by atoms with E-state index in [0.717, 1.165) is 16.7 Å². The third-order valence-electron chi connectivity index (χ3n) is 8.03. The van der Waals surface area contributed by atoms with Gasteiger partial charge in [0.2, 0.25) is 0 Å². The standard InChI is InChI=1S/C34H37ClFN3O4S/c1-34(2,3)43-33(41)38(4)24-10-12-25(13-11-24)39(32(40)31-30(35)29-26(36)7-6-8-28(29)44-31)20-23-19-22(9-14-27(23)42-5)21-15-17-37-18-16-21/h6-9,14-19,24-25H,10-13,20H2,1-5H3/t24-,25-. The van der Waals surface area contributed by atoms with Gasteiger partial charge in [0.15, 0.2) is 0 Å². The molecule has 0 spiro atoms. The molecule has 7 nitrogen and oxygen atoms in total. The fourth-order valence-corrected chi connectivity index (χ4v) is 7.26. The minimum absolute atomic E-state index is 0.00961. The maximum atomic E-state index is 14.8. The summed E-state index contributed by atoms with van der Waals surface area (Å²) < 4.78 is 26.7. The Morgan fingerprint density at radius 3 is 2.34 bits per heavy atom. The normalized spacial score (nSPS) is 16.9. The first-order valence-corrected chi connectivity index (χ1v) is 15.9. The van der Waals surface area contributed by atoms with Gasteiger partial charge in [-0.1, -0.05) is 23.7 Å². The van der Waals surface area contributed by atoms with Crippen molar-refractivity contribution in [3.8, 4) is 16.9 Å². The van der Waals surface area contributed by atoms with Crippen molar-refractivity contribution >= 4 is 45.0 Å². The predicted octanol–water partition coefficient (Wildman–Crippen LogP) is 8.58. The van der Waals surface area contributed by atoms with Gasteiger partial charge in [0.25, 0.3) is 5.91 Å². The van der Waals surface area contributed by atoms with Crippen molar-refractivity contribution in [2.75, 3.05) is 14.2 Å². The number of methoxy groups -OCH3 is 1. The van der Waals surface area contributed by atoms with Crippen molar-refractivity contribution in [3.05, 3.63) is 82.2 Å². The number of ether oxygens (including phenoxy) is 2. The van der Waals surface area contributed by atoms with Crippen LogP contribution in [0, 0.1) is 5.82 Å². The average molecular weight is 638 g/mol. The molecule has 44 heavy (non-hydrogen) atoms. The Bertz CT molecular complexity index is 1650. The summed E-state index contributed by atoms with van der Waals surface area (Å²) in [6, 6.07) is 14.4. The number of fused-ring (bicyclic) bond motifs is 1. The number of benzene rings is 2. The Morgan fingerprint density at radius 2 is 1.70 bits per heavy atom. The van der Waals surface area contributed by atoms with E-state index < -0.39 is 11.4 Å². The van der Waals surface area contributed by atoms with Crippen LogP contribution in [0.25, 0.3) is 21.2 Å². The number of hydrogen-bond acceptors (Lipinski definition) is 6. The summed E-state index contributed by atoms with van der Waals surface area (Å²) in [6.45, 7) is 5.82. The molecule has 1 aliphatic carbocycles. The summed E-state index contributed by atoms with van der Waals surface area (Å²) in [4.78, 5) is 35.1. The highest BCUT2D eigenvalue weighted by molar-refractivity contribution is 7.21. The average Bonchev–Trinajstić information content (AvgIpc) is 3.36. The number of thiophene rings is 1. The van der Waals surface area contributed by atoms with Crippen LogP contribution in [-0.2, 0) is 11.3 Å². The lowest BCUT2D eigenvalue weighted by Crippen LogP contribution is -2.47. The molecule has 0 saturated heterocycles. The predicted molar refractivity (Wildman–Crippen MR) is 173 cm³/mol. The van der Waals surface area contributed by atoms with Crippen molar-refractivity contribution in [3.63, 3.8) is 0 Å². The zero-order chi connectivity index (χ0) is 31.6. The molecular weight excluding hydrogens is 601 g/mol. The molecule has 1 saturated carbocycles. The van der Waals surface area contributed by atoms with Gasteiger partial charge in [-0.15, -0.1) is 11.3 Å². The molecule has 4 aromatic rings. The second-order valence-corrected chi connectivity index (χ2v) is 13.5. The SMILES string of the molecule is COc1ccc(-c2ccncc2)cc1CN(C(=O)c1sc2cccc(F)c2c1Cl)[C@H]1CC[C@H](N(C)C(=O)OC(C)(C)C)CC1. The first kappa shape index (κ1) is 31.7. The van der Waals surface area contributed by atoms with Crippen LogP contribution in [0.1, 0.15) is 61.7 Å². The van der Waals surface area contributed by atoms with E-state index in [4.69, 9.17) is 21.1 Å². The number of amides is 2.